The molecule has 0 saturated carbocycles. The molecule has 21 heavy (non-hydrogen) atoms. The maximum atomic E-state index is 12.4. The molecule has 0 saturated heterocycles. The molecule has 0 aliphatic carbocycles. The van der Waals surface area contributed by atoms with Crippen LogP contribution in [0.25, 0.3) is 0 Å². The highest BCUT2D eigenvalue weighted by atomic mass is 32.2. The van der Waals surface area contributed by atoms with Gasteiger partial charge in [0.05, 0.1) is 4.90 Å². The predicted molar refractivity (Wildman–Crippen MR) is 85.5 cm³/mol. The molecule has 0 amide bonds. The van der Waals surface area contributed by atoms with Crippen molar-refractivity contribution in [1.29, 1.82) is 0 Å². The molecule has 0 aliphatic heterocycles. The van der Waals surface area contributed by atoms with Gasteiger partial charge < -0.3 is 0 Å². The number of nitrogens with one attached hydrogen (secondary N) is 1. The van der Waals surface area contributed by atoms with E-state index in [4.69, 9.17) is 0 Å². The smallest absolute Gasteiger partial charge is 0.211 e. The second-order valence-corrected chi connectivity index (χ2v) is 6.75. The molecule has 2 rings (SSSR count). The van der Waals surface area contributed by atoms with Crippen LogP contribution in [-0.2, 0) is 10.0 Å². The van der Waals surface area contributed by atoms with Crippen molar-refractivity contribution >= 4 is 10.0 Å². The van der Waals surface area contributed by atoms with E-state index in [-0.39, 0.29) is 5.92 Å². The highest BCUT2D eigenvalue weighted by molar-refractivity contribution is 7.89. The van der Waals surface area contributed by atoms with Crippen LogP contribution >= 0.6 is 0 Å². The van der Waals surface area contributed by atoms with Crippen molar-refractivity contribution in [2.45, 2.75) is 24.2 Å². The molecule has 0 aliphatic rings. The van der Waals surface area contributed by atoms with Gasteiger partial charge in [-0.1, -0.05) is 55.5 Å². The molecular weight excluding hydrogens is 282 g/mol. The van der Waals surface area contributed by atoms with Gasteiger partial charge in [0.25, 0.3) is 0 Å². The Morgan fingerprint density at radius 3 is 2.29 bits per heavy atom. The average molecular weight is 302 g/mol. The molecule has 2 aromatic carbocycles. The van der Waals surface area contributed by atoms with E-state index in [9.17, 15) is 8.42 Å². The van der Waals surface area contributed by atoms with Crippen molar-refractivity contribution in [3.63, 3.8) is 0 Å². The van der Waals surface area contributed by atoms with Crippen LogP contribution < -0.4 is 4.72 Å². The number of sulfonamides is 1. The molecule has 1 N–H and O–H groups in total. The Morgan fingerprint density at radius 2 is 1.67 bits per heavy atom. The zero-order chi connectivity index (χ0) is 15.3. The first-order valence-electron chi connectivity index (χ1n) is 6.94. The summed E-state index contributed by atoms with van der Waals surface area (Å²) in [6, 6.07) is 16.8. The molecule has 1 unspecified atom stereocenters. The van der Waals surface area contributed by atoms with Gasteiger partial charge >= 0.3 is 0 Å². The molecule has 3 nitrogen and oxygen atoms in total. The fourth-order valence-corrected chi connectivity index (χ4v) is 3.58. The molecule has 0 fully saturated rings. The van der Waals surface area contributed by atoms with E-state index in [1.54, 1.807) is 25.1 Å². The van der Waals surface area contributed by atoms with E-state index in [1.165, 1.54) is 0 Å². The maximum absolute atomic E-state index is 12.4. The first kappa shape index (κ1) is 15.7. The van der Waals surface area contributed by atoms with E-state index in [1.807, 2.05) is 36.4 Å². The highest BCUT2D eigenvalue weighted by Gasteiger charge is 2.18. The molecular formula is C17H20NO2S. The Balaban J connectivity index is 2.13. The quantitative estimate of drug-likeness (QED) is 0.890. The summed E-state index contributed by atoms with van der Waals surface area (Å²) in [4.78, 5) is 0.334. The highest BCUT2D eigenvalue weighted by Crippen LogP contribution is 2.20. The van der Waals surface area contributed by atoms with Crippen molar-refractivity contribution in [1.82, 2.24) is 4.72 Å². The Kier molecular flexibility index (Phi) is 5.15. The lowest BCUT2D eigenvalue weighted by Gasteiger charge is -2.17. The molecule has 2 aromatic rings. The minimum atomic E-state index is -3.48. The van der Waals surface area contributed by atoms with E-state index in [2.05, 4.69) is 11.6 Å². The fraction of sp³-hybridized carbons (Fsp3) is 0.235. The Hall–Kier alpha value is -1.65. The fourth-order valence-electron chi connectivity index (χ4n) is 2.26. The van der Waals surface area contributed by atoms with E-state index in [0.29, 0.717) is 17.9 Å². The van der Waals surface area contributed by atoms with Gasteiger partial charge in [-0.2, -0.15) is 0 Å². The largest absolute Gasteiger partial charge is 0.240 e. The average Bonchev–Trinajstić information content (AvgIpc) is 2.49. The Morgan fingerprint density at radius 1 is 1.05 bits per heavy atom. The van der Waals surface area contributed by atoms with Crippen molar-refractivity contribution in [2.75, 3.05) is 6.54 Å². The zero-order valence-corrected chi connectivity index (χ0v) is 12.9. The first-order valence-corrected chi connectivity index (χ1v) is 8.42. The van der Waals surface area contributed by atoms with E-state index in [0.717, 1.165) is 11.1 Å². The van der Waals surface area contributed by atoms with Gasteiger partial charge in [-0.15, -0.1) is 0 Å². The van der Waals surface area contributed by atoms with Gasteiger partial charge in [0.1, 0.15) is 0 Å². The molecule has 1 atom stereocenters. The van der Waals surface area contributed by atoms with Crippen LogP contribution in [-0.4, -0.2) is 15.0 Å². The van der Waals surface area contributed by atoms with Crippen LogP contribution in [0.15, 0.2) is 59.5 Å². The number of aryl methyl sites for hydroxylation is 1. The predicted octanol–water partition coefficient (Wildman–Crippen LogP) is 3.28. The van der Waals surface area contributed by atoms with Crippen LogP contribution in [0.4, 0.5) is 0 Å². The van der Waals surface area contributed by atoms with Crippen molar-refractivity contribution < 1.29 is 8.42 Å². The van der Waals surface area contributed by atoms with Gasteiger partial charge in [0.15, 0.2) is 0 Å². The topological polar surface area (TPSA) is 46.2 Å². The Bertz CT molecular complexity index is 681. The van der Waals surface area contributed by atoms with Crippen molar-refractivity contribution in [3.8, 4) is 0 Å². The van der Waals surface area contributed by atoms with Crippen LogP contribution in [0.5, 0.6) is 0 Å². The molecule has 0 bridgehead atoms. The van der Waals surface area contributed by atoms with Crippen molar-refractivity contribution in [2.24, 2.45) is 0 Å². The minimum absolute atomic E-state index is 0.0741. The van der Waals surface area contributed by atoms with Gasteiger partial charge in [-0.3, -0.25) is 0 Å². The number of hydrogen-bond donors (Lipinski definition) is 1. The molecule has 0 aromatic heterocycles. The number of hydrogen-bond acceptors (Lipinski definition) is 2. The lowest BCUT2D eigenvalue weighted by Crippen LogP contribution is -2.29. The van der Waals surface area contributed by atoms with E-state index < -0.39 is 10.0 Å². The third kappa shape index (κ3) is 3.93. The standard InChI is InChI=1S/C17H20NO2S/c1-3-15(16-10-5-4-6-11-16)13-18-21(19,20)17-12-8-7-9-14(17)2/h4-12,15,18H,1,3,13H2,2H3. The summed E-state index contributed by atoms with van der Waals surface area (Å²) >= 11 is 0. The normalized spacial score (nSPS) is 13.0. The van der Waals surface area contributed by atoms with E-state index >= 15 is 0 Å². The number of rotatable bonds is 6. The summed E-state index contributed by atoms with van der Waals surface area (Å²) in [7, 11) is -3.48. The lowest BCUT2D eigenvalue weighted by molar-refractivity contribution is 0.569. The second kappa shape index (κ2) is 6.87. The van der Waals surface area contributed by atoms with Gasteiger partial charge in [0, 0.05) is 6.54 Å². The third-order valence-electron chi connectivity index (χ3n) is 3.52. The molecule has 111 valence electrons. The molecule has 4 heteroatoms. The van der Waals surface area contributed by atoms with Gasteiger partial charge in [-0.25, -0.2) is 13.1 Å². The molecule has 0 spiro atoms. The zero-order valence-electron chi connectivity index (χ0n) is 12.1. The summed E-state index contributed by atoms with van der Waals surface area (Å²) in [5.41, 5.74) is 1.84. The Labute approximate surface area is 127 Å². The third-order valence-corrected chi connectivity index (χ3v) is 5.11. The maximum Gasteiger partial charge on any atom is 0.240 e. The molecule has 0 heterocycles. The van der Waals surface area contributed by atoms with Crippen LogP contribution in [0, 0.1) is 13.8 Å². The summed E-state index contributed by atoms with van der Waals surface area (Å²) in [6.45, 7) is 6.07. The van der Waals surface area contributed by atoms with Gasteiger partial charge in [0.2, 0.25) is 10.0 Å². The summed E-state index contributed by atoms with van der Waals surface area (Å²) in [5.74, 6) is 0.0741. The lowest BCUT2D eigenvalue weighted by atomic mass is 9.97. The summed E-state index contributed by atoms with van der Waals surface area (Å²) in [6.07, 6.45) is 0.639. The summed E-state index contributed by atoms with van der Waals surface area (Å²) < 4.78 is 27.4. The van der Waals surface area contributed by atoms with Crippen molar-refractivity contribution in [3.05, 3.63) is 72.6 Å². The van der Waals surface area contributed by atoms with Crippen LogP contribution in [0.3, 0.4) is 0 Å². The SMILES string of the molecule is [CH2]CC(CNS(=O)(=O)c1ccccc1C)c1ccccc1. The van der Waals surface area contributed by atoms with Crippen LogP contribution in [0.2, 0.25) is 0 Å². The first-order chi connectivity index (χ1) is 10.0. The summed E-state index contributed by atoms with van der Waals surface area (Å²) in [5, 5.41) is 0. The number of benzene rings is 2. The van der Waals surface area contributed by atoms with Crippen LogP contribution in [0.1, 0.15) is 23.5 Å². The minimum Gasteiger partial charge on any atom is -0.211 e. The van der Waals surface area contributed by atoms with Gasteiger partial charge in [-0.05, 0) is 36.5 Å². The second-order valence-electron chi connectivity index (χ2n) is 5.01. The monoisotopic (exact) mass is 302 g/mol. The molecule has 1 radical (unpaired) electrons.